The highest BCUT2D eigenvalue weighted by Crippen LogP contribution is 2.26. The zero-order valence-electron chi connectivity index (χ0n) is 11.9. The van der Waals surface area contributed by atoms with Gasteiger partial charge in [0.25, 0.3) is 0 Å². The van der Waals surface area contributed by atoms with Gasteiger partial charge in [-0.3, -0.25) is 0 Å². The molecule has 0 radical (unpaired) electrons. The van der Waals surface area contributed by atoms with Gasteiger partial charge in [-0.2, -0.15) is 0 Å². The lowest BCUT2D eigenvalue weighted by Crippen LogP contribution is -2.11. The van der Waals surface area contributed by atoms with Crippen molar-refractivity contribution in [1.82, 2.24) is 5.32 Å². The molecule has 0 aliphatic heterocycles. The third-order valence-electron chi connectivity index (χ3n) is 3.05. The van der Waals surface area contributed by atoms with Gasteiger partial charge in [0.1, 0.15) is 11.5 Å². The molecule has 0 aliphatic carbocycles. The summed E-state index contributed by atoms with van der Waals surface area (Å²) >= 11 is 0. The van der Waals surface area contributed by atoms with Gasteiger partial charge in [0, 0.05) is 6.54 Å². The molecular weight excluding hydrogens is 234 g/mol. The molecule has 2 aromatic rings. The van der Waals surface area contributed by atoms with E-state index in [1.54, 1.807) is 0 Å². The Kier molecular flexibility index (Phi) is 4.58. The average molecular weight is 255 g/mol. The van der Waals surface area contributed by atoms with Crippen LogP contribution in [0.2, 0.25) is 0 Å². The normalized spacial score (nSPS) is 10.5. The van der Waals surface area contributed by atoms with Crippen molar-refractivity contribution in [3.05, 3.63) is 59.2 Å². The van der Waals surface area contributed by atoms with E-state index in [1.807, 2.05) is 12.1 Å². The second-order valence-electron chi connectivity index (χ2n) is 4.80. The molecule has 0 spiro atoms. The molecule has 0 aromatic heterocycles. The summed E-state index contributed by atoms with van der Waals surface area (Å²) in [6.07, 6.45) is 0. The maximum Gasteiger partial charge on any atom is 0.130 e. The molecule has 0 bridgehead atoms. The van der Waals surface area contributed by atoms with Crippen LogP contribution in [0.4, 0.5) is 0 Å². The minimum atomic E-state index is 0.876. The van der Waals surface area contributed by atoms with Gasteiger partial charge >= 0.3 is 0 Å². The van der Waals surface area contributed by atoms with E-state index in [0.717, 1.165) is 30.2 Å². The molecule has 0 atom stereocenters. The molecular formula is C17H21NO. The molecule has 2 nitrogen and oxygen atoms in total. The molecule has 0 saturated carbocycles. The number of aryl methyl sites for hydroxylation is 2. The highest BCUT2D eigenvalue weighted by Gasteiger charge is 2.03. The van der Waals surface area contributed by atoms with Crippen LogP contribution >= 0.6 is 0 Å². The maximum absolute atomic E-state index is 5.98. The first kappa shape index (κ1) is 13.6. The fourth-order valence-electron chi connectivity index (χ4n) is 1.94. The third kappa shape index (κ3) is 3.83. The number of hydrogen-bond donors (Lipinski definition) is 1. The molecule has 0 heterocycles. The highest BCUT2D eigenvalue weighted by molar-refractivity contribution is 5.40. The SMILES string of the molecule is CCNCc1ccc(C)c(Oc2cccc(C)c2)c1. The molecule has 2 heteroatoms. The van der Waals surface area contributed by atoms with Crippen molar-refractivity contribution < 1.29 is 4.74 Å². The quantitative estimate of drug-likeness (QED) is 0.864. The Balaban J connectivity index is 2.19. The topological polar surface area (TPSA) is 21.3 Å². The van der Waals surface area contributed by atoms with Crippen LogP contribution in [-0.2, 0) is 6.54 Å². The van der Waals surface area contributed by atoms with E-state index in [2.05, 4.69) is 56.4 Å². The number of benzene rings is 2. The van der Waals surface area contributed by atoms with Crippen molar-refractivity contribution in [3.8, 4) is 11.5 Å². The summed E-state index contributed by atoms with van der Waals surface area (Å²) in [5.41, 5.74) is 3.61. The van der Waals surface area contributed by atoms with Gasteiger partial charge in [-0.15, -0.1) is 0 Å². The molecule has 2 aromatic carbocycles. The number of nitrogens with one attached hydrogen (secondary N) is 1. The highest BCUT2D eigenvalue weighted by atomic mass is 16.5. The van der Waals surface area contributed by atoms with E-state index >= 15 is 0 Å². The van der Waals surface area contributed by atoms with E-state index < -0.39 is 0 Å². The van der Waals surface area contributed by atoms with Gasteiger partial charge in [0.05, 0.1) is 0 Å². The molecule has 100 valence electrons. The monoisotopic (exact) mass is 255 g/mol. The van der Waals surface area contributed by atoms with Crippen molar-refractivity contribution in [2.75, 3.05) is 6.54 Å². The molecule has 0 saturated heterocycles. The fourth-order valence-corrected chi connectivity index (χ4v) is 1.94. The van der Waals surface area contributed by atoms with Crippen LogP contribution in [0, 0.1) is 13.8 Å². The van der Waals surface area contributed by atoms with Crippen LogP contribution in [0.15, 0.2) is 42.5 Å². The van der Waals surface area contributed by atoms with Gasteiger partial charge in [0.2, 0.25) is 0 Å². The largest absolute Gasteiger partial charge is 0.457 e. The minimum absolute atomic E-state index is 0.876. The molecule has 2 rings (SSSR count). The predicted molar refractivity (Wildman–Crippen MR) is 79.8 cm³/mol. The first-order valence-electron chi connectivity index (χ1n) is 6.74. The molecule has 0 unspecified atom stereocenters. The lowest BCUT2D eigenvalue weighted by Gasteiger charge is -2.11. The fraction of sp³-hybridized carbons (Fsp3) is 0.294. The van der Waals surface area contributed by atoms with E-state index in [1.165, 1.54) is 11.1 Å². The maximum atomic E-state index is 5.98. The Labute approximate surface area is 115 Å². The Morgan fingerprint density at radius 1 is 1.05 bits per heavy atom. The summed E-state index contributed by atoms with van der Waals surface area (Å²) in [7, 11) is 0. The molecule has 0 aliphatic rings. The van der Waals surface area contributed by atoms with Gasteiger partial charge in [-0.1, -0.05) is 31.2 Å². The van der Waals surface area contributed by atoms with E-state index in [9.17, 15) is 0 Å². The van der Waals surface area contributed by atoms with E-state index in [-0.39, 0.29) is 0 Å². The van der Waals surface area contributed by atoms with E-state index in [0.29, 0.717) is 0 Å². The number of rotatable bonds is 5. The van der Waals surface area contributed by atoms with Crippen molar-refractivity contribution in [1.29, 1.82) is 0 Å². The molecule has 1 N–H and O–H groups in total. The van der Waals surface area contributed by atoms with Gasteiger partial charge in [-0.05, 0) is 55.3 Å². The minimum Gasteiger partial charge on any atom is -0.457 e. The summed E-state index contributed by atoms with van der Waals surface area (Å²) in [4.78, 5) is 0. The second-order valence-corrected chi connectivity index (χ2v) is 4.80. The molecule has 0 amide bonds. The number of hydrogen-bond acceptors (Lipinski definition) is 2. The van der Waals surface area contributed by atoms with Crippen molar-refractivity contribution in [2.45, 2.75) is 27.3 Å². The Morgan fingerprint density at radius 3 is 2.63 bits per heavy atom. The lowest BCUT2D eigenvalue weighted by atomic mass is 10.1. The molecule has 0 fully saturated rings. The average Bonchev–Trinajstić information content (AvgIpc) is 2.40. The van der Waals surface area contributed by atoms with Crippen molar-refractivity contribution >= 4 is 0 Å². The summed E-state index contributed by atoms with van der Waals surface area (Å²) < 4.78 is 5.98. The summed E-state index contributed by atoms with van der Waals surface area (Å²) in [6, 6.07) is 14.5. The first-order valence-corrected chi connectivity index (χ1v) is 6.74. The predicted octanol–water partition coefficient (Wildman–Crippen LogP) is 4.21. The Hall–Kier alpha value is -1.80. The third-order valence-corrected chi connectivity index (χ3v) is 3.05. The van der Waals surface area contributed by atoms with Gasteiger partial charge < -0.3 is 10.1 Å². The van der Waals surface area contributed by atoms with Gasteiger partial charge in [0.15, 0.2) is 0 Å². The summed E-state index contributed by atoms with van der Waals surface area (Å²) in [5, 5.41) is 3.33. The van der Waals surface area contributed by atoms with Crippen molar-refractivity contribution in [3.63, 3.8) is 0 Å². The van der Waals surface area contributed by atoms with Crippen molar-refractivity contribution in [2.24, 2.45) is 0 Å². The van der Waals surface area contributed by atoms with Crippen LogP contribution in [0.25, 0.3) is 0 Å². The zero-order valence-corrected chi connectivity index (χ0v) is 11.9. The molecule has 19 heavy (non-hydrogen) atoms. The Bertz CT molecular complexity index is 549. The second kappa shape index (κ2) is 6.39. The van der Waals surface area contributed by atoms with E-state index in [4.69, 9.17) is 4.74 Å². The van der Waals surface area contributed by atoms with Gasteiger partial charge in [-0.25, -0.2) is 0 Å². The first-order chi connectivity index (χ1) is 9.19. The van der Waals surface area contributed by atoms with Crippen LogP contribution in [0.1, 0.15) is 23.6 Å². The summed E-state index contributed by atoms with van der Waals surface area (Å²) in [5.74, 6) is 1.82. The standard InChI is InChI=1S/C17H21NO/c1-4-18-12-15-9-8-14(3)17(11-15)19-16-7-5-6-13(2)10-16/h5-11,18H,4,12H2,1-3H3. The van der Waals surface area contributed by atoms with Crippen LogP contribution in [-0.4, -0.2) is 6.54 Å². The Morgan fingerprint density at radius 2 is 1.89 bits per heavy atom. The van der Waals surface area contributed by atoms with Crippen LogP contribution < -0.4 is 10.1 Å². The smallest absolute Gasteiger partial charge is 0.130 e. The van der Waals surface area contributed by atoms with Crippen LogP contribution in [0.5, 0.6) is 11.5 Å². The lowest BCUT2D eigenvalue weighted by molar-refractivity contribution is 0.477. The number of ether oxygens (including phenoxy) is 1. The van der Waals surface area contributed by atoms with Crippen LogP contribution in [0.3, 0.4) is 0 Å². The summed E-state index contributed by atoms with van der Waals surface area (Å²) in [6.45, 7) is 8.10. The zero-order chi connectivity index (χ0) is 13.7.